The Morgan fingerprint density at radius 1 is 1.17 bits per heavy atom. The third-order valence-electron chi connectivity index (χ3n) is 6.09. The predicted octanol–water partition coefficient (Wildman–Crippen LogP) is 2.30. The molecule has 3 aromatic heterocycles. The van der Waals surface area contributed by atoms with E-state index in [4.69, 9.17) is 0 Å². The fourth-order valence-electron chi connectivity index (χ4n) is 4.50. The van der Waals surface area contributed by atoms with Gasteiger partial charge in [-0.1, -0.05) is 0 Å². The number of aromatic nitrogens is 5. The van der Waals surface area contributed by atoms with Gasteiger partial charge in [-0.3, -0.25) is 14.3 Å². The molecule has 1 aliphatic heterocycles. The van der Waals surface area contributed by atoms with Crippen molar-refractivity contribution >= 4 is 11.6 Å². The largest absolute Gasteiger partial charge is 0.348 e. The number of hydrogen-bond acceptors (Lipinski definition) is 5. The summed E-state index contributed by atoms with van der Waals surface area (Å²) in [6.07, 6.45) is 13.2. The third kappa shape index (κ3) is 3.67. The molecule has 4 heterocycles. The molecule has 3 aromatic rings. The molecule has 1 amide bonds. The molecule has 1 saturated carbocycles. The summed E-state index contributed by atoms with van der Waals surface area (Å²) >= 11 is 0. The SMILES string of the molecule is O=C(NC1CCC(N2CCC(F)(F)C2)CC1)c1cn2ccnc2c(-n2ccnc2)n1. The first-order valence-corrected chi connectivity index (χ1v) is 10.2. The number of carbonyl (C=O) groups excluding carboxylic acids is 1. The minimum absolute atomic E-state index is 0.0221. The molecule has 2 fully saturated rings. The highest BCUT2D eigenvalue weighted by molar-refractivity contribution is 5.92. The molecule has 5 rings (SSSR count). The lowest BCUT2D eigenvalue weighted by Gasteiger charge is -2.34. The van der Waals surface area contributed by atoms with E-state index in [1.807, 2.05) is 4.90 Å². The summed E-state index contributed by atoms with van der Waals surface area (Å²) in [5.74, 6) is -2.28. The highest BCUT2D eigenvalue weighted by Gasteiger charge is 2.41. The second kappa shape index (κ2) is 7.42. The highest BCUT2D eigenvalue weighted by Crippen LogP contribution is 2.32. The van der Waals surface area contributed by atoms with Crippen molar-refractivity contribution in [2.45, 2.75) is 50.1 Å². The lowest BCUT2D eigenvalue weighted by Crippen LogP contribution is -2.44. The number of carbonyl (C=O) groups is 1. The van der Waals surface area contributed by atoms with Gasteiger partial charge in [0.25, 0.3) is 11.8 Å². The van der Waals surface area contributed by atoms with E-state index in [-0.39, 0.29) is 31.0 Å². The van der Waals surface area contributed by atoms with Gasteiger partial charge in [-0.05, 0) is 25.7 Å². The van der Waals surface area contributed by atoms with Crippen molar-refractivity contribution in [3.63, 3.8) is 0 Å². The predicted molar refractivity (Wildman–Crippen MR) is 105 cm³/mol. The van der Waals surface area contributed by atoms with E-state index in [0.717, 1.165) is 25.7 Å². The number of hydrogen-bond donors (Lipinski definition) is 1. The normalized spacial score (nSPS) is 24.3. The Morgan fingerprint density at radius 2 is 2.00 bits per heavy atom. The Kier molecular flexibility index (Phi) is 4.73. The summed E-state index contributed by atoms with van der Waals surface area (Å²) in [6.45, 7) is 0.321. The Bertz CT molecular complexity index is 1040. The average Bonchev–Trinajstić information content (AvgIpc) is 3.48. The van der Waals surface area contributed by atoms with E-state index in [9.17, 15) is 13.6 Å². The van der Waals surface area contributed by atoms with Crippen LogP contribution in [0.2, 0.25) is 0 Å². The topological polar surface area (TPSA) is 80.4 Å². The molecule has 0 bridgehead atoms. The Balaban J connectivity index is 1.26. The number of alkyl halides is 2. The van der Waals surface area contributed by atoms with Crippen molar-refractivity contribution in [3.05, 3.63) is 43.0 Å². The molecular formula is C20H23F2N7O. The maximum Gasteiger partial charge on any atom is 0.271 e. The van der Waals surface area contributed by atoms with Crippen LogP contribution in [-0.2, 0) is 0 Å². The minimum atomic E-state index is -2.56. The molecule has 0 radical (unpaired) electrons. The van der Waals surface area contributed by atoms with Gasteiger partial charge in [0.15, 0.2) is 11.5 Å². The van der Waals surface area contributed by atoms with Gasteiger partial charge in [-0.15, -0.1) is 0 Å². The number of rotatable bonds is 4. The third-order valence-corrected chi connectivity index (χ3v) is 6.09. The molecule has 0 atom stereocenters. The van der Waals surface area contributed by atoms with Crippen molar-refractivity contribution < 1.29 is 13.6 Å². The number of amides is 1. The van der Waals surface area contributed by atoms with Crippen LogP contribution in [0.3, 0.4) is 0 Å². The number of likely N-dealkylation sites (tertiary alicyclic amines) is 1. The van der Waals surface area contributed by atoms with Gasteiger partial charge in [0.1, 0.15) is 12.0 Å². The summed E-state index contributed by atoms with van der Waals surface area (Å²) in [7, 11) is 0. The van der Waals surface area contributed by atoms with E-state index >= 15 is 0 Å². The molecule has 0 spiro atoms. The molecule has 1 saturated heterocycles. The van der Waals surface area contributed by atoms with Crippen molar-refractivity contribution in [1.29, 1.82) is 0 Å². The molecular weight excluding hydrogens is 392 g/mol. The van der Waals surface area contributed by atoms with E-state index in [1.165, 1.54) is 0 Å². The zero-order valence-electron chi connectivity index (χ0n) is 16.4. The summed E-state index contributed by atoms with van der Waals surface area (Å²) < 4.78 is 30.5. The van der Waals surface area contributed by atoms with Crippen LogP contribution in [-0.4, -0.2) is 65.8 Å². The molecule has 2 aliphatic rings. The Morgan fingerprint density at radius 3 is 2.70 bits per heavy atom. The van der Waals surface area contributed by atoms with Gasteiger partial charge >= 0.3 is 0 Å². The van der Waals surface area contributed by atoms with E-state index in [0.29, 0.717) is 23.7 Å². The van der Waals surface area contributed by atoms with Crippen molar-refractivity contribution in [2.75, 3.05) is 13.1 Å². The standard InChI is InChI=1S/C20H23F2N7O/c21-20(22)5-8-28(12-20)15-3-1-14(2-4-15)25-19(30)16-11-27-10-7-24-17(27)18(26-16)29-9-6-23-13-29/h6-7,9-11,13-15H,1-5,8,12H2,(H,25,30). The smallest absolute Gasteiger partial charge is 0.271 e. The van der Waals surface area contributed by atoms with Crippen LogP contribution < -0.4 is 5.32 Å². The monoisotopic (exact) mass is 415 g/mol. The molecule has 0 aromatic carbocycles. The molecule has 0 unspecified atom stereocenters. The first kappa shape index (κ1) is 19.1. The fraction of sp³-hybridized carbons (Fsp3) is 0.500. The highest BCUT2D eigenvalue weighted by atomic mass is 19.3. The van der Waals surface area contributed by atoms with Crippen LogP contribution in [0.5, 0.6) is 0 Å². The van der Waals surface area contributed by atoms with Gasteiger partial charge in [-0.2, -0.15) is 0 Å². The zero-order valence-corrected chi connectivity index (χ0v) is 16.4. The lowest BCUT2D eigenvalue weighted by molar-refractivity contribution is 0.00504. The van der Waals surface area contributed by atoms with Crippen LogP contribution in [0.15, 0.2) is 37.3 Å². The second-order valence-corrected chi connectivity index (χ2v) is 8.13. The van der Waals surface area contributed by atoms with E-state index < -0.39 is 5.92 Å². The number of nitrogens with one attached hydrogen (secondary N) is 1. The number of imidazole rings is 2. The quantitative estimate of drug-likeness (QED) is 0.707. The first-order valence-electron chi connectivity index (χ1n) is 10.2. The molecule has 30 heavy (non-hydrogen) atoms. The second-order valence-electron chi connectivity index (χ2n) is 8.13. The van der Waals surface area contributed by atoms with Crippen LogP contribution >= 0.6 is 0 Å². The Hall–Kier alpha value is -2.88. The van der Waals surface area contributed by atoms with Crippen LogP contribution in [0, 0.1) is 0 Å². The van der Waals surface area contributed by atoms with Crippen molar-refractivity contribution in [1.82, 2.24) is 34.1 Å². The van der Waals surface area contributed by atoms with Gasteiger partial charge in [0, 0.05) is 56.0 Å². The van der Waals surface area contributed by atoms with Crippen LogP contribution in [0.25, 0.3) is 11.5 Å². The van der Waals surface area contributed by atoms with Crippen LogP contribution in [0.4, 0.5) is 8.78 Å². The molecule has 1 aliphatic carbocycles. The average molecular weight is 415 g/mol. The lowest BCUT2D eigenvalue weighted by atomic mass is 9.90. The fourth-order valence-corrected chi connectivity index (χ4v) is 4.50. The van der Waals surface area contributed by atoms with Crippen molar-refractivity contribution in [2.24, 2.45) is 0 Å². The molecule has 8 nitrogen and oxygen atoms in total. The van der Waals surface area contributed by atoms with Crippen LogP contribution in [0.1, 0.15) is 42.6 Å². The zero-order chi connectivity index (χ0) is 20.7. The van der Waals surface area contributed by atoms with Gasteiger partial charge in [0.2, 0.25) is 0 Å². The summed E-state index contributed by atoms with van der Waals surface area (Å²) in [5, 5.41) is 3.07. The van der Waals surface area contributed by atoms with Gasteiger partial charge in [0.05, 0.1) is 6.54 Å². The number of halogens is 2. The molecule has 1 N–H and O–H groups in total. The summed E-state index contributed by atoms with van der Waals surface area (Å²) in [5.41, 5.74) is 0.929. The Labute approximate surface area is 171 Å². The van der Waals surface area contributed by atoms with Gasteiger partial charge < -0.3 is 9.72 Å². The van der Waals surface area contributed by atoms with E-state index in [1.54, 1.807) is 46.3 Å². The number of nitrogens with zero attached hydrogens (tertiary/aromatic N) is 6. The van der Waals surface area contributed by atoms with E-state index in [2.05, 4.69) is 20.3 Å². The van der Waals surface area contributed by atoms with Crippen molar-refractivity contribution in [3.8, 4) is 5.82 Å². The molecule has 158 valence electrons. The minimum Gasteiger partial charge on any atom is -0.348 e. The molecule has 10 heteroatoms. The number of fused-ring (bicyclic) bond motifs is 1. The maximum atomic E-state index is 13.5. The first-order chi connectivity index (χ1) is 14.5. The summed E-state index contributed by atoms with van der Waals surface area (Å²) in [6, 6.07) is 0.202. The maximum absolute atomic E-state index is 13.5. The van der Waals surface area contributed by atoms with Gasteiger partial charge in [-0.25, -0.2) is 23.7 Å². The summed E-state index contributed by atoms with van der Waals surface area (Å²) in [4.78, 5) is 27.6.